The lowest BCUT2D eigenvalue weighted by molar-refractivity contribution is -0.153. The second kappa shape index (κ2) is 11.3. The van der Waals surface area contributed by atoms with Gasteiger partial charge in [-0.15, -0.1) is 0 Å². The van der Waals surface area contributed by atoms with E-state index in [1.165, 1.54) is 12.1 Å². The number of ether oxygens (including phenoxy) is 1. The summed E-state index contributed by atoms with van der Waals surface area (Å²) in [7, 11) is 0. The molecule has 0 bridgehead atoms. The first-order valence-corrected chi connectivity index (χ1v) is 13.4. The fraction of sp³-hybridized carbons (Fsp3) is 0.367. The SMILES string of the molecule is O=C(Nc1ccc(O[C@H]2CCN(C(=O)CC3(C(=O)O)CCCC3)C2)cc1)c1cc(-c2ccccc2)oc1C(F)(F)F. The number of nitrogens with zero attached hydrogens (tertiary/aromatic N) is 1. The zero-order valence-corrected chi connectivity index (χ0v) is 22.1. The third-order valence-electron chi connectivity index (χ3n) is 7.71. The summed E-state index contributed by atoms with van der Waals surface area (Å²) in [5, 5.41) is 12.1. The second-order valence-corrected chi connectivity index (χ2v) is 10.5. The Balaban J connectivity index is 1.19. The highest BCUT2D eigenvalue weighted by molar-refractivity contribution is 6.05. The lowest BCUT2D eigenvalue weighted by atomic mass is 9.82. The zero-order chi connectivity index (χ0) is 29.2. The monoisotopic (exact) mass is 570 g/mol. The number of halogens is 3. The third kappa shape index (κ3) is 6.23. The highest BCUT2D eigenvalue weighted by Gasteiger charge is 2.44. The van der Waals surface area contributed by atoms with Crippen LogP contribution in [0.25, 0.3) is 11.3 Å². The van der Waals surface area contributed by atoms with E-state index in [1.54, 1.807) is 47.4 Å². The van der Waals surface area contributed by atoms with Crippen molar-refractivity contribution in [2.45, 2.75) is 50.8 Å². The van der Waals surface area contributed by atoms with Gasteiger partial charge in [-0.25, -0.2) is 0 Å². The van der Waals surface area contributed by atoms with E-state index in [2.05, 4.69) is 5.32 Å². The number of carboxylic acid groups (broad SMARTS) is 1. The van der Waals surface area contributed by atoms with Gasteiger partial charge in [0, 0.05) is 30.6 Å². The maximum Gasteiger partial charge on any atom is 0.450 e. The summed E-state index contributed by atoms with van der Waals surface area (Å²) in [5.74, 6) is -3.06. The Hall–Kier alpha value is -4.28. The maximum absolute atomic E-state index is 13.6. The van der Waals surface area contributed by atoms with Gasteiger partial charge in [0.15, 0.2) is 0 Å². The average molecular weight is 571 g/mol. The fourth-order valence-electron chi connectivity index (χ4n) is 5.49. The Morgan fingerprint density at radius 2 is 1.73 bits per heavy atom. The molecule has 1 saturated carbocycles. The van der Waals surface area contributed by atoms with E-state index in [9.17, 15) is 32.7 Å². The van der Waals surface area contributed by atoms with Crippen molar-refractivity contribution < 1.29 is 41.8 Å². The Labute approximate surface area is 234 Å². The van der Waals surface area contributed by atoms with Gasteiger partial charge < -0.3 is 24.5 Å². The van der Waals surface area contributed by atoms with Crippen molar-refractivity contribution in [1.29, 1.82) is 0 Å². The first-order valence-electron chi connectivity index (χ1n) is 13.4. The smallest absolute Gasteiger partial charge is 0.450 e. The molecule has 11 heteroatoms. The molecule has 1 aliphatic carbocycles. The van der Waals surface area contributed by atoms with E-state index in [-0.39, 0.29) is 29.9 Å². The van der Waals surface area contributed by atoms with Crippen molar-refractivity contribution in [3.8, 4) is 17.1 Å². The van der Waals surface area contributed by atoms with Crippen molar-refractivity contribution >= 4 is 23.5 Å². The van der Waals surface area contributed by atoms with E-state index >= 15 is 0 Å². The van der Waals surface area contributed by atoms with Gasteiger partial charge >= 0.3 is 12.1 Å². The van der Waals surface area contributed by atoms with Crippen LogP contribution in [-0.2, 0) is 15.8 Å². The second-order valence-electron chi connectivity index (χ2n) is 10.5. The number of furan rings is 1. The molecule has 2 N–H and O–H groups in total. The first kappa shape index (κ1) is 28.3. The fourth-order valence-corrected chi connectivity index (χ4v) is 5.49. The summed E-state index contributed by atoms with van der Waals surface area (Å²) in [6.07, 6.45) is -1.95. The molecule has 1 atom stereocenters. The number of rotatable bonds is 8. The lowest BCUT2D eigenvalue weighted by Gasteiger charge is -2.26. The highest BCUT2D eigenvalue weighted by Crippen LogP contribution is 2.42. The number of alkyl halides is 3. The predicted molar refractivity (Wildman–Crippen MR) is 142 cm³/mol. The normalized spacial score (nSPS) is 18.3. The van der Waals surface area contributed by atoms with Crippen LogP contribution in [-0.4, -0.2) is 47.0 Å². The van der Waals surface area contributed by atoms with E-state index in [0.717, 1.165) is 18.9 Å². The molecule has 41 heavy (non-hydrogen) atoms. The van der Waals surface area contributed by atoms with Gasteiger partial charge in [0.05, 0.1) is 17.5 Å². The predicted octanol–water partition coefficient (Wildman–Crippen LogP) is 6.23. The number of hydrogen-bond acceptors (Lipinski definition) is 5. The van der Waals surface area contributed by atoms with E-state index in [1.807, 2.05) is 0 Å². The maximum atomic E-state index is 13.6. The van der Waals surface area contributed by atoms with Crippen molar-refractivity contribution in [3.05, 3.63) is 72.0 Å². The molecule has 1 aromatic heterocycles. The number of likely N-dealkylation sites (tertiary alicyclic amines) is 1. The van der Waals surface area contributed by atoms with Crippen LogP contribution in [0.4, 0.5) is 18.9 Å². The van der Waals surface area contributed by atoms with Crippen LogP contribution in [0.15, 0.2) is 65.1 Å². The Morgan fingerprint density at radius 1 is 1.05 bits per heavy atom. The highest BCUT2D eigenvalue weighted by atomic mass is 19.4. The summed E-state index contributed by atoms with van der Waals surface area (Å²) < 4.78 is 51.9. The van der Waals surface area contributed by atoms with Gasteiger partial charge in [-0.3, -0.25) is 14.4 Å². The van der Waals surface area contributed by atoms with E-state index in [0.29, 0.717) is 43.7 Å². The third-order valence-corrected chi connectivity index (χ3v) is 7.71. The molecule has 1 aliphatic heterocycles. The van der Waals surface area contributed by atoms with E-state index < -0.39 is 34.8 Å². The van der Waals surface area contributed by atoms with Crippen LogP contribution in [0, 0.1) is 5.41 Å². The number of nitrogens with one attached hydrogen (secondary N) is 1. The minimum absolute atomic E-state index is 0.0109. The lowest BCUT2D eigenvalue weighted by Crippen LogP contribution is -2.38. The minimum atomic E-state index is -4.86. The molecular weight excluding hydrogens is 541 g/mol. The molecule has 216 valence electrons. The molecule has 0 spiro atoms. The van der Waals surface area contributed by atoms with Gasteiger partial charge in [-0.1, -0.05) is 43.2 Å². The molecule has 2 fully saturated rings. The Morgan fingerprint density at radius 3 is 2.37 bits per heavy atom. The molecule has 1 saturated heterocycles. The van der Waals surface area contributed by atoms with Crippen LogP contribution in [0.3, 0.4) is 0 Å². The number of carboxylic acids is 1. The summed E-state index contributed by atoms with van der Waals surface area (Å²) in [6, 6.07) is 15.4. The largest absolute Gasteiger partial charge is 0.489 e. The van der Waals surface area contributed by atoms with Gasteiger partial charge in [0.2, 0.25) is 11.7 Å². The number of benzene rings is 2. The van der Waals surface area contributed by atoms with Crippen molar-refractivity contribution in [1.82, 2.24) is 4.90 Å². The average Bonchev–Trinajstić information content (AvgIpc) is 3.70. The van der Waals surface area contributed by atoms with Gasteiger partial charge in [-0.05, 0) is 43.2 Å². The van der Waals surface area contributed by atoms with Crippen LogP contribution in [0.1, 0.15) is 54.6 Å². The first-order chi connectivity index (χ1) is 19.5. The molecule has 3 aromatic rings. The standard InChI is InChI=1S/C30H29F3N2O6/c31-30(32,33)26-23(16-24(41-26)19-6-2-1-3-7-19)27(37)34-20-8-10-21(11-9-20)40-22-12-15-35(18-22)25(36)17-29(28(38)39)13-4-5-14-29/h1-3,6-11,16,22H,4-5,12-15,17-18H2,(H,34,37)(H,38,39)/t22-/m0/s1. The molecule has 8 nitrogen and oxygen atoms in total. The molecule has 0 unspecified atom stereocenters. The number of carbonyl (C=O) groups excluding carboxylic acids is 2. The molecule has 2 heterocycles. The van der Waals surface area contributed by atoms with Crippen LogP contribution < -0.4 is 10.1 Å². The van der Waals surface area contributed by atoms with Crippen molar-refractivity contribution in [2.24, 2.45) is 5.41 Å². The molecule has 2 amide bonds. The van der Waals surface area contributed by atoms with Crippen molar-refractivity contribution in [3.63, 3.8) is 0 Å². The van der Waals surface area contributed by atoms with Crippen LogP contribution in [0.5, 0.6) is 5.75 Å². The van der Waals surface area contributed by atoms with Gasteiger partial charge in [0.25, 0.3) is 5.91 Å². The quantitative estimate of drug-likeness (QED) is 0.332. The topological polar surface area (TPSA) is 109 Å². The number of aliphatic carboxylic acids is 1. The Kier molecular flexibility index (Phi) is 7.79. The molecule has 0 radical (unpaired) electrons. The zero-order valence-electron chi connectivity index (χ0n) is 22.1. The molecule has 2 aliphatic rings. The van der Waals surface area contributed by atoms with Gasteiger partial charge in [-0.2, -0.15) is 13.2 Å². The number of carbonyl (C=O) groups is 3. The summed E-state index contributed by atoms with van der Waals surface area (Å²) >= 11 is 0. The molecule has 5 rings (SSSR count). The summed E-state index contributed by atoms with van der Waals surface area (Å²) in [5.41, 5.74) is -0.937. The van der Waals surface area contributed by atoms with Crippen LogP contribution in [0.2, 0.25) is 0 Å². The number of hydrogen-bond donors (Lipinski definition) is 2. The van der Waals surface area contributed by atoms with Crippen molar-refractivity contribution in [2.75, 3.05) is 18.4 Å². The summed E-state index contributed by atoms with van der Waals surface area (Å²) in [4.78, 5) is 39.1. The molecule has 2 aromatic carbocycles. The minimum Gasteiger partial charge on any atom is -0.489 e. The van der Waals surface area contributed by atoms with E-state index in [4.69, 9.17) is 9.15 Å². The summed E-state index contributed by atoms with van der Waals surface area (Å²) in [6.45, 7) is 0.794. The number of amides is 2. The molecular formula is C30H29F3N2O6. The number of anilines is 1. The van der Waals surface area contributed by atoms with Crippen LogP contribution >= 0.6 is 0 Å². The Bertz CT molecular complexity index is 1410. The van der Waals surface area contributed by atoms with Gasteiger partial charge in [0.1, 0.15) is 17.6 Å².